The summed E-state index contributed by atoms with van der Waals surface area (Å²) in [5, 5.41) is 0. The largest absolute Gasteiger partial charge is 0.299 e. The van der Waals surface area contributed by atoms with Gasteiger partial charge in [-0.15, -0.1) is 0 Å². The molecule has 1 aliphatic rings. The van der Waals surface area contributed by atoms with Gasteiger partial charge in [0.15, 0.2) is 0 Å². The molecule has 1 nitrogen and oxygen atoms in total. The smallest absolute Gasteiger partial charge is 0.135 e. The standard InChI is InChI=1S/C9H15BrO/c1-7(10)5-6-8-3-2-4-9(8)11/h7-8H,2-6H2,1H3. The van der Waals surface area contributed by atoms with Gasteiger partial charge in [-0.05, 0) is 25.7 Å². The van der Waals surface area contributed by atoms with Crippen LogP contribution in [0.4, 0.5) is 0 Å². The Morgan fingerprint density at radius 3 is 2.91 bits per heavy atom. The molecule has 2 heteroatoms. The van der Waals surface area contributed by atoms with E-state index in [0.717, 1.165) is 32.1 Å². The Labute approximate surface area is 76.7 Å². The topological polar surface area (TPSA) is 17.1 Å². The van der Waals surface area contributed by atoms with Crippen molar-refractivity contribution < 1.29 is 4.79 Å². The predicted octanol–water partition coefficient (Wildman–Crippen LogP) is 2.92. The fraction of sp³-hybridized carbons (Fsp3) is 0.889. The molecule has 0 amide bonds. The predicted molar refractivity (Wildman–Crippen MR) is 50.0 cm³/mol. The van der Waals surface area contributed by atoms with Crippen LogP contribution in [0.1, 0.15) is 39.0 Å². The van der Waals surface area contributed by atoms with Gasteiger partial charge in [0, 0.05) is 17.2 Å². The van der Waals surface area contributed by atoms with Crippen LogP contribution in [0.3, 0.4) is 0 Å². The van der Waals surface area contributed by atoms with Gasteiger partial charge in [0.25, 0.3) is 0 Å². The van der Waals surface area contributed by atoms with Gasteiger partial charge in [0.05, 0.1) is 0 Å². The number of carbonyl (C=O) groups is 1. The van der Waals surface area contributed by atoms with Crippen LogP contribution in [0, 0.1) is 5.92 Å². The summed E-state index contributed by atoms with van der Waals surface area (Å²) in [5.74, 6) is 0.896. The molecule has 0 radical (unpaired) electrons. The van der Waals surface area contributed by atoms with Gasteiger partial charge >= 0.3 is 0 Å². The summed E-state index contributed by atoms with van der Waals surface area (Å²) in [7, 11) is 0. The first-order valence-corrected chi connectivity index (χ1v) is 5.28. The minimum atomic E-state index is 0.398. The lowest BCUT2D eigenvalue weighted by atomic mass is 10.0. The molecule has 2 unspecified atom stereocenters. The van der Waals surface area contributed by atoms with Crippen molar-refractivity contribution in [2.45, 2.75) is 43.9 Å². The monoisotopic (exact) mass is 218 g/mol. The molecule has 2 atom stereocenters. The minimum absolute atomic E-state index is 0.398. The van der Waals surface area contributed by atoms with Crippen molar-refractivity contribution in [1.29, 1.82) is 0 Å². The number of alkyl halides is 1. The Morgan fingerprint density at radius 1 is 1.73 bits per heavy atom. The minimum Gasteiger partial charge on any atom is -0.299 e. The molecule has 1 saturated carbocycles. The van der Waals surface area contributed by atoms with Crippen LogP contribution >= 0.6 is 15.9 Å². The molecule has 11 heavy (non-hydrogen) atoms. The van der Waals surface area contributed by atoms with Crippen LogP contribution in [0.15, 0.2) is 0 Å². The highest BCUT2D eigenvalue weighted by atomic mass is 79.9. The van der Waals surface area contributed by atoms with Gasteiger partial charge in [-0.3, -0.25) is 4.79 Å². The molecule has 0 spiro atoms. The van der Waals surface area contributed by atoms with Crippen molar-refractivity contribution in [1.82, 2.24) is 0 Å². The van der Waals surface area contributed by atoms with Crippen molar-refractivity contribution in [2.75, 3.05) is 0 Å². The van der Waals surface area contributed by atoms with Gasteiger partial charge in [-0.2, -0.15) is 0 Å². The Bertz CT molecular complexity index is 142. The number of rotatable bonds is 3. The van der Waals surface area contributed by atoms with Gasteiger partial charge in [-0.25, -0.2) is 0 Å². The Kier molecular flexibility index (Phi) is 3.57. The highest BCUT2D eigenvalue weighted by Crippen LogP contribution is 2.26. The highest BCUT2D eigenvalue weighted by Gasteiger charge is 2.23. The Hall–Kier alpha value is 0.150. The lowest BCUT2D eigenvalue weighted by Crippen LogP contribution is -2.07. The zero-order valence-corrected chi connectivity index (χ0v) is 8.56. The number of carbonyl (C=O) groups excluding carboxylic acids is 1. The molecule has 1 aliphatic carbocycles. The van der Waals surface area contributed by atoms with Crippen LogP contribution in [-0.2, 0) is 4.79 Å². The molecule has 1 fully saturated rings. The third kappa shape index (κ3) is 2.94. The molecule has 0 aromatic carbocycles. The van der Waals surface area contributed by atoms with Crippen LogP contribution in [0.2, 0.25) is 0 Å². The normalized spacial score (nSPS) is 27.5. The number of hydrogen-bond donors (Lipinski definition) is 0. The average molecular weight is 219 g/mol. The van der Waals surface area contributed by atoms with E-state index in [4.69, 9.17) is 0 Å². The van der Waals surface area contributed by atoms with Crippen LogP contribution in [0.25, 0.3) is 0 Å². The summed E-state index contributed by atoms with van der Waals surface area (Å²) in [6.45, 7) is 2.14. The fourth-order valence-electron chi connectivity index (χ4n) is 1.62. The molecular weight excluding hydrogens is 204 g/mol. The maximum atomic E-state index is 11.2. The first-order valence-electron chi connectivity index (χ1n) is 4.37. The molecule has 0 N–H and O–H groups in total. The van der Waals surface area contributed by atoms with E-state index >= 15 is 0 Å². The van der Waals surface area contributed by atoms with E-state index in [1.165, 1.54) is 0 Å². The number of hydrogen-bond acceptors (Lipinski definition) is 1. The highest BCUT2D eigenvalue weighted by molar-refractivity contribution is 9.09. The summed E-state index contributed by atoms with van der Waals surface area (Å²) >= 11 is 3.49. The Balaban J connectivity index is 2.20. The second kappa shape index (κ2) is 4.24. The quantitative estimate of drug-likeness (QED) is 0.667. The van der Waals surface area contributed by atoms with E-state index in [1.54, 1.807) is 0 Å². The van der Waals surface area contributed by atoms with Crippen molar-refractivity contribution >= 4 is 21.7 Å². The SMILES string of the molecule is CC(Br)CCC1CCCC1=O. The Morgan fingerprint density at radius 2 is 2.45 bits per heavy atom. The maximum absolute atomic E-state index is 11.2. The first kappa shape index (κ1) is 9.24. The van der Waals surface area contributed by atoms with Crippen LogP contribution in [0.5, 0.6) is 0 Å². The van der Waals surface area contributed by atoms with E-state index in [2.05, 4.69) is 22.9 Å². The second-order valence-electron chi connectivity index (χ2n) is 3.41. The van der Waals surface area contributed by atoms with Gasteiger partial charge in [0.1, 0.15) is 5.78 Å². The van der Waals surface area contributed by atoms with Gasteiger partial charge < -0.3 is 0 Å². The maximum Gasteiger partial charge on any atom is 0.135 e. The summed E-state index contributed by atoms with van der Waals surface area (Å²) in [5.41, 5.74) is 0. The van der Waals surface area contributed by atoms with Crippen LogP contribution in [-0.4, -0.2) is 10.6 Å². The molecular formula is C9H15BrO. The summed E-state index contributed by atoms with van der Waals surface area (Å²) in [4.78, 5) is 11.7. The molecule has 1 rings (SSSR count). The van der Waals surface area contributed by atoms with E-state index in [-0.39, 0.29) is 0 Å². The molecule has 0 bridgehead atoms. The second-order valence-corrected chi connectivity index (χ2v) is 4.98. The molecule has 64 valence electrons. The lowest BCUT2D eigenvalue weighted by molar-refractivity contribution is -0.120. The molecule has 0 heterocycles. The van der Waals surface area contributed by atoms with Crippen molar-refractivity contribution in [3.63, 3.8) is 0 Å². The van der Waals surface area contributed by atoms with E-state index in [0.29, 0.717) is 16.5 Å². The molecule has 0 aliphatic heterocycles. The molecule has 0 saturated heterocycles. The lowest BCUT2D eigenvalue weighted by Gasteiger charge is -2.07. The fourth-order valence-corrected chi connectivity index (χ4v) is 1.89. The van der Waals surface area contributed by atoms with E-state index < -0.39 is 0 Å². The van der Waals surface area contributed by atoms with Gasteiger partial charge in [-0.1, -0.05) is 22.9 Å². The van der Waals surface area contributed by atoms with Crippen molar-refractivity contribution in [3.8, 4) is 0 Å². The summed E-state index contributed by atoms with van der Waals surface area (Å²) < 4.78 is 0. The summed E-state index contributed by atoms with van der Waals surface area (Å²) in [6.07, 6.45) is 5.32. The number of Topliss-reactive ketones (excluding diaryl/α,β-unsaturated/α-hetero) is 1. The first-order chi connectivity index (χ1) is 5.20. The third-order valence-electron chi connectivity index (χ3n) is 2.34. The van der Waals surface area contributed by atoms with Crippen molar-refractivity contribution in [2.24, 2.45) is 5.92 Å². The van der Waals surface area contributed by atoms with E-state index in [9.17, 15) is 4.79 Å². The van der Waals surface area contributed by atoms with E-state index in [1.807, 2.05) is 0 Å². The average Bonchev–Trinajstić information content (AvgIpc) is 2.31. The number of ketones is 1. The third-order valence-corrected chi connectivity index (χ3v) is 2.80. The molecule has 0 aromatic heterocycles. The zero-order chi connectivity index (χ0) is 8.27. The summed E-state index contributed by atoms with van der Waals surface area (Å²) in [6, 6.07) is 0. The zero-order valence-electron chi connectivity index (χ0n) is 6.98. The van der Waals surface area contributed by atoms with Gasteiger partial charge in [0.2, 0.25) is 0 Å². The number of halogens is 1. The van der Waals surface area contributed by atoms with Crippen molar-refractivity contribution in [3.05, 3.63) is 0 Å². The van der Waals surface area contributed by atoms with Crippen LogP contribution < -0.4 is 0 Å². The molecule has 0 aromatic rings.